The lowest BCUT2D eigenvalue weighted by Crippen LogP contribution is -2.43. The Kier molecular flexibility index (Phi) is 6.67. The van der Waals surface area contributed by atoms with Crippen LogP contribution in [0.1, 0.15) is 31.7 Å². The smallest absolute Gasteiger partial charge is 0.309 e. The average molecular weight is 557 g/mol. The number of likely N-dealkylation sites (N-methyl/N-ethyl adjacent to an activating group) is 1. The minimum Gasteiger partial charge on any atom is -0.481 e. The van der Waals surface area contributed by atoms with Gasteiger partial charge in [-0.05, 0) is 56.5 Å². The van der Waals surface area contributed by atoms with Crippen LogP contribution in [0.5, 0.6) is 0 Å². The van der Waals surface area contributed by atoms with E-state index in [1.54, 1.807) is 31.8 Å². The molecule has 5 heterocycles. The highest BCUT2D eigenvalue weighted by Crippen LogP contribution is 2.39. The number of piperidine rings is 1. The largest absolute Gasteiger partial charge is 0.481 e. The first-order valence-corrected chi connectivity index (χ1v) is 14.0. The zero-order chi connectivity index (χ0) is 27.9. The summed E-state index contributed by atoms with van der Waals surface area (Å²) in [6.07, 6.45) is 8.24. The summed E-state index contributed by atoms with van der Waals surface area (Å²) in [6.45, 7) is 5.43. The standard InChI is InChI=1S/C29H28N6O4S/c1-3-30-23(36)14-24-34-21-13-17(12-20(26(21)40-24)25-19-5-11-39-22(19)4-8-31-25)18-15-32-28(33-16-18)35-9-6-29(2,7-10-35)27(37)38/h4-5,8,11-13,15-16H,3,6-7,9-10,14H2,1-2H3,(H,30,36)(H,37,38). The summed E-state index contributed by atoms with van der Waals surface area (Å²) in [5.41, 5.74) is 4.17. The van der Waals surface area contributed by atoms with Crippen LogP contribution in [-0.4, -0.2) is 56.6 Å². The number of benzene rings is 1. The van der Waals surface area contributed by atoms with Crippen LogP contribution in [-0.2, 0) is 16.0 Å². The maximum atomic E-state index is 12.3. The van der Waals surface area contributed by atoms with Crippen LogP contribution in [0.4, 0.5) is 5.95 Å². The molecule has 11 heteroatoms. The van der Waals surface area contributed by atoms with Gasteiger partial charge in [0.1, 0.15) is 10.6 Å². The van der Waals surface area contributed by atoms with E-state index in [1.165, 1.54) is 11.3 Å². The van der Waals surface area contributed by atoms with Crippen LogP contribution in [0.25, 0.3) is 43.6 Å². The zero-order valence-corrected chi connectivity index (χ0v) is 23.0. The highest BCUT2D eigenvalue weighted by atomic mass is 32.1. The Morgan fingerprint density at radius 2 is 1.90 bits per heavy atom. The summed E-state index contributed by atoms with van der Waals surface area (Å²) in [5, 5.41) is 14.0. The lowest BCUT2D eigenvalue weighted by atomic mass is 9.80. The molecule has 1 amide bonds. The third-order valence-electron chi connectivity index (χ3n) is 7.49. The molecule has 1 fully saturated rings. The second kappa shape index (κ2) is 10.3. The van der Waals surface area contributed by atoms with Crippen molar-refractivity contribution in [1.29, 1.82) is 0 Å². The topological polar surface area (TPSA) is 134 Å². The molecule has 40 heavy (non-hydrogen) atoms. The van der Waals surface area contributed by atoms with E-state index >= 15 is 0 Å². The average Bonchev–Trinajstić information content (AvgIpc) is 3.60. The second-order valence-electron chi connectivity index (χ2n) is 10.2. The predicted molar refractivity (Wildman–Crippen MR) is 153 cm³/mol. The number of thiazole rings is 1. The SMILES string of the molecule is CCNC(=O)Cc1nc2cc(-c3cnc(N4CCC(C)(C(=O)O)CC4)nc3)cc(-c3nccc4occc34)c2s1. The quantitative estimate of drug-likeness (QED) is 0.286. The summed E-state index contributed by atoms with van der Waals surface area (Å²) in [7, 11) is 0. The first-order valence-electron chi connectivity index (χ1n) is 13.2. The molecule has 4 aromatic heterocycles. The Labute approximate surface area is 234 Å². The molecule has 1 saturated heterocycles. The normalized spacial score (nSPS) is 15.0. The van der Waals surface area contributed by atoms with Gasteiger partial charge in [-0.1, -0.05) is 0 Å². The van der Waals surface area contributed by atoms with Crippen molar-refractivity contribution in [1.82, 2.24) is 25.3 Å². The number of carbonyl (C=O) groups is 2. The number of amides is 1. The van der Waals surface area contributed by atoms with Gasteiger partial charge >= 0.3 is 5.97 Å². The molecule has 1 aliphatic rings. The summed E-state index contributed by atoms with van der Waals surface area (Å²) >= 11 is 1.49. The van der Waals surface area contributed by atoms with Crippen LogP contribution in [0.15, 0.2) is 53.5 Å². The molecule has 0 radical (unpaired) electrons. The molecular formula is C29H28N6O4S. The van der Waals surface area contributed by atoms with Crippen LogP contribution in [0.2, 0.25) is 0 Å². The number of hydrogen-bond donors (Lipinski definition) is 2. The zero-order valence-electron chi connectivity index (χ0n) is 22.2. The molecule has 1 aromatic carbocycles. The number of furan rings is 1. The van der Waals surface area contributed by atoms with Crippen molar-refractivity contribution in [3.05, 3.63) is 54.1 Å². The number of anilines is 1. The van der Waals surface area contributed by atoms with E-state index in [-0.39, 0.29) is 12.3 Å². The van der Waals surface area contributed by atoms with Gasteiger partial charge in [0.2, 0.25) is 11.9 Å². The van der Waals surface area contributed by atoms with Gasteiger partial charge in [-0.2, -0.15) is 0 Å². The Balaban J connectivity index is 1.37. The molecule has 0 unspecified atom stereocenters. The number of rotatable bonds is 7. The van der Waals surface area contributed by atoms with Crippen LogP contribution >= 0.6 is 11.3 Å². The molecule has 0 aliphatic carbocycles. The number of aliphatic carboxylic acids is 1. The van der Waals surface area contributed by atoms with Crippen LogP contribution in [0.3, 0.4) is 0 Å². The van der Waals surface area contributed by atoms with E-state index in [0.717, 1.165) is 48.6 Å². The molecule has 2 N–H and O–H groups in total. The van der Waals surface area contributed by atoms with Gasteiger partial charge < -0.3 is 19.7 Å². The van der Waals surface area contributed by atoms with Gasteiger partial charge in [-0.25, -0.2) is 15.0 Å². The highest BCUT2D eigenvalue weighted by Gasteiger charge is 2.37. The first kappa shape index (κ1) is 25.9. The van der Waals surface area contributed by atoms with Gasteiger partial charge in [-0.3, -0.25) is 14.6 Å². The maximum Gasteiger partial charge on any atom is 0.309 e. The summed E-state index contributed by atoms with van der Waals surface area (Å²) in [6, 6.07) is 7.78. The minimum absolute atomic E-state index is 0.0660. The number of pyridine rings is 1. The lowest BCUT2D eigenvalue weighted by molar-refractivity contribution is -0.149. The van der Waals surface area contributed by atoms with Gasteiger partial charge in [0.05, 0.1) is 34.0 Å². The van der Waals surface area contributed by atoms with Crippen molar-refractivity contribution < 1.29 is 19.1 Å². The Morgan fingerprint density at radius 1 is 1.12 bits per heavy atom. The monoisotopic (exact) mass is 556 g/mol. The molecule has 10 nitrogen and oxygen atoms in total. The van der Waals surface area contributed by atoms with E-state index in [9.17, 15) is 14.7 Å². The van der Waals surface area contributed by atoms with Gasteiger partial charge in [0.15, 0.2) is 0 Å². The molecule has 0 bridgehead atoms. The molecule has 0 saturated carbocycles. The van der Waals surface area contributed by atoms with Crippen molar-refractivity contribution in [3.63, 3.8) is 0 Å². The van der Waals surface area contributed by atoms with Crippen LogP contribution < -0.4 is 10.2 Å². The van der Waals surface area contributed by atoms with Gasteiger partial charge in [-0.15, -0.1) is 11.3 Å². The van der Waals surface area contributed by atoms with E-state index < -0.39 is 11.4 Å². The number of aromatic nitrogens is 4. The van der Waals surface area contributed by atoms with Crippen molar-refractivity contribution in [2.24, 2.45) is 5.41 Å². The molecule has 204 valence electrons. The second-order valence-corrected chi connectivity index (χ2v) is 11.3. The van der Waals surface area contributed by atoms with E-state index in [2.05, 4.69) is 21.4 Å². The number of carboxylic acids is 1. The number of hydrogen-bond acceptors (Lipinski definition) is 9. The maximum absolute atomic E-state index is 12.3. The number of fused-ring (bicyclic) bond motifs is 2. The fraction of sp³-hybridized carbons (Fsp3) is 0.310. The van der Waals surface area contributed by atoms with E-state index in [1.807, 2.05) is 30.0 Å². The third-order valence-corrected chi connectivity index (χ3v) is 8.60. The predicted octanol–water partition coefficient (Wildman–Crippen LogP) is 4.93. The van der Waals surface area contributed by atoms with Crippen molar-refractivity contribution in [2.75, 3.05) is 24.5 Å². The Bertz CT molecular complexity index is 1720. The molecule has 0 spiro atoms. The van der Waals surface area contributed by atoms with Crippen molar-refractivity contribution >= 4 is 50.3 Å². The van der Waals surface area contributed by atoms with E-state index in [0.29, 0.717) is 38.4 Å². The number of nitrogens with zero attached hydrogens (tertiary/aromatic N) is 5. The van der Waals surface area contributed by atoms with E-state index in [4.69, 9.17) is 14.4 Å². The molecular weight excluding hydrogens is 528 g/mol. The highest BCUT2D eigenvalue weighted by molar-refractivity contribution is 7.19. The lowest BCUT2D eigenvalue weighted by Gasteiger charge is -2.36. The van der Waals surface area contributed by atoms with Gasteiger partial charge in [0, 0.05) is 54.7 Å². The summed E-state index contributed by atoms with van der Waals surface area (Å²) in [5.74, 6) is -0.240. The molecule has 6 rings (SSSR count). The molecule has 5 aromatic rings. The fourth-order valence-electron chi connectivity index (χ4n) is 5.05. The Morgan fingerprint density at radius 3 is 2.62 bits per heavy atom. The number of carbonyl (C=O) groups excluding carboxylic acids is 1. The van der Waals surface area contributed by atoms with Crippen molar-refractivity contribution in [2.45, 2.75) is 33.1 Å². The summed E-state index contributed by atoms with van der Waals surface area (Å²) in [4.78, 5) is 44.7. The molecule has 1 aliphatic heterocycles. The Hall–Kier alpha value is -4.38. The third kappa shape index (κ3) is 4.77. The summed E-state index contributed by atoms with van der Waals surface area (Å²) < 4.78 is 6.57. The van der Waals surface area contributed by atoms with Gasteiger partial charge in [0.25, 0.3) is 0 Å². The minimum atomic E-state index is -0.758. The number of carboxylic acid groups (broad SMARTS) is 1. The first-order chi connectivity index (χ1) is 19.3. The van der Waals surface area contributed by atoms with Crippen molar-refractivity contribution in [3.8, 4) is 22.4 Å². The van der Waals surface area contributed by atoms with Crippen LogP contribution in [0, 0.1) is 5.41 Å². The fourth-order valence-corrected chi connectivity index (χ4v) is 6.11. The number of nitrogens with one attached hydrogen (secondary N) is 1. The molecule has 0 atom stereocenters.